The molecule has 4 saturated carbocycles. The monoisotopic (exact) mass is 1420 g/mol. The molecule has 562 valence electrons. The molecule has 101 heavy (non-hydrogen) atoms. The summed E-state index contributed by atoms with van der Waals surface area (Å²) in [6.45, 7) is 10.5. The van der Waals surface area contributed by atoms with Crippen LogP contribution in [-0.2, 0) is 47.8 Å². The van der Waals surface area contributed by atoms with Gasteiger partial charge in [-0.3, -0.25) is 63.3 Å². The van der Waals surface area contributed by atoms with E-state index in [1.807, 2.05) is 63.2 Å². The fourth-order valence-corrected chi connectivity index (χ4v) is 14.6. The molecule has 5 aliphatic rings. The van der Waals surface area contributed by atoms with Gasteiger partial charge in [0.1, 0.15) is 22.7 Å². The Kier molecular flexibility index (Phi) is 32.9. The number of methoxy groups -OCH3 is 2. The second-order valence-electron chi connectivity index (χ2n) is 27.5. The van der Waals surface area contributed by atoms with Gasteiger partial charge in [0.2, 0.25) is 17.7 Å². The molecule has 30 heteroatoms. The van der Waals surface area contributed by atoms with Crippen LogP contribution in [0.25, 0.3) is 16.9 Å². The maximum Gasteiger partial charge on any atom is 0.324 e. The molecule has 4 amide bonds. The summed E-state index contributed by atoms with van der Waals surface area (Å²) in [6, 6.07) is 12.7. The lowest BCUT2D eigenvalue weighted by atomic mass is 9.48. The summed E-state index contributed by atoms with van der Waals surface area (Å²) in [5, 5.41) is 68.4. The predicted molar refractivity (Wildman–Crippen MR) is 374 cm³/mol. The van der Waals surface area contributed by atoms with Crippen LogP contribution in [0.5, 0.6) is 11.5 Å². The van der Waals surface area contributed by atoms with Gasteiger partial charge in [0.25, 0.3) is 5.91 Å². The number of rotatable bonds is 43. The lowest BCUT2D eigenvalue weighted by molar-refractivity contribution is -0.169. The molecule has 0 spiro atoms. The Bertz CT molecular complexity index is 3100. The van der Waals surface area contributed by atoms with Crippen LogP contribution in [0.3, 0.4) is 0 Å². The highest BCUT2D eigenvalue weighted by Gasteiger charge is 2.62. The van der Waals surface area contributed by atoms with Crippen LogP contribution in [0.2, 0.25) is 0 Å². The number of hydrogen-bond donors (Lipinski definition) is 9. The SMILES string of the molecule is COc1cccc(OC)c1-c1cc(C(O)NC2(C(=O)O)C3CC4CC(C3)CC2C4)nn1-c1ccc(C(=O)N(CCCNC(=O)CCC(=O)NCCCOCCOCCOCCCNC(=O)CN2CCN(CC(=O)O)CCN(CC(=O)O)CCN(CC(=O)O)CC2)CCCN(C)C)cc1C(C)C. The number of aliphatic carboxylic acids is 4. The second-order valence-corrected chi connectivity index (χ2v) is 27.5. The van der Waals surface area contributed by atoms with Crippen molar-refractivity contribution in [3.63, 3.8) is 0 Å². The average Bonchev–Trinajstić information content (AvgIpc) is 1.33. The Morgan fingerprint density at radius 3 is 1.49 bits per heavy atom. The van der Waals surface area contributed by atoms with Gasteiger partial charge in [-0.2, -0.15) is 5.10 Å². The number of nitrogens with zero attached hydrogens (tertiary/aromatic N) is 8. The number of benzene rings is 2. The molecule has 5 fully saturated rings. The summed E-state index contributed by atoms with van der Waals surface area (Å²) in [7, 11) is 7.08. The third-order valence-corrected chi connectivity index (χ3v) is 19.5. The number of aromatic nitrogens is 2. The minimum absolute atomic E-state index is 0.00179. The van der Waals surface area contributed by atoms with E-state index < -0.39 is 35.6 Å². The lowest BCUT2D eigenvalue weighted by Gasteiger charge is -2.59. The summed E-state index contributed by atoms with van der Waals surface area (Å²) < 4.78 is 30.4. The molecular weight excluding hydrogens is 1310 g/mol. The number of nitrogens with one attached hydrogen (secondary N) is 4. The number of aliphatic hydroxyl groups excluding tert-OH is 1. The molecule has 0 radical (unpaired) electrons. The molecule has 8 rings (SSSR count). The first-order valence-electron chi connectivity index (χ1n) is 35.6. The number of carboxylic acids is 4. The summed E-state index contributed by atoms with van der Waals surface area (Å²) >= 11 is 0. The standard InChI is InChI=1S/C71H110N12O18/c1-49(2)55-43-52(14-15-57(55)83-58(67-59(97-5)12-7-13-60(67)98-6)44-56(76-83)68(93)75-71(70(95)96)53-39-50-38-51(41-53)42-54(71)40-50)69(94)82(23-11-21-77(3)4)22-8-18-72-61(84)16-17-62(85)73-19-9-32-99-34-36-101-37-35-100-33-10-20-74-63(86)45-78-24-26-79(46-64(87)88)28-30-81(48-66(91)92)31-29-80(27-25-78)47-65(89)90/h7,12-15,43-44,49-51,53-54,68,75,93H,8-11,16-42,45-48H2,1-6H3,(H,72,84)(H,73,85)(H,74,86)(H,87,88)(H,89,90)(H,91,92)(H,95,96). The number of aliphatic hydroxyl groups is 1. The fourth-order valence-electron chi connectivity index (χ4n) is 14.6. The highest BCUT2D eigenvalue weighted by molar-refractivity contribution is 5.95. The van der Waals surface area contributed by atoms with E-state index in [0.29, 0.717) is 170 Å². The molecule has 1 aromatic heterocycles. The van der Waals surface area contributed by atoms with Gasteiger partial charge in [0.05, 0.1) is 83.8 Å². The van der Waals surface area contributed by atoms with Gasteiger partial charge in [0.15, 0.2) is 6.23 Å². The van der Waals surface area contributed by atoms with Gasteiger partial charge in [0, 0.05) is 117 Å². The van der Waals surface area contributed by atoms with Crippen LogP contribution in [0.15, 0.2) is 42.5 Å². The van der Waals surface area contributed by atoms with Crippen LogP contribution in [0.4, 0.5) is 0 Å². The van der Waals surface area contributed by atoms with Gasteiger partial charge in [-0.25, -0.2) is 4.68 Å². The highest BCUT2D eigenvalue weighted by atomic mass is 16.5. The maximum absolute atomic E-state index is 14.6. The molecule has 1 aliphatic heterocycles. The summed E-state index contributed by atoms with van der Waals surface area (Å²) in [6.07, 6.45) is 5.25. The van der Waals surface area contributed by atoms with E-state index >= 15 is 0 Å². The van der Waals surface area contributed by atoms with Gasteiger partial charge < -0.3 is 75.0 Å². The van der Waals surface area contributed by atoms with Crippen molar-refractivity contribution in [3.8, 4) is 28.4 Å². The summed E-state index contributed by atoms with van der Waals surface area (Å²) in [5.74, 6) is -3.32. The van der Waals surface area contributed by atoms with Gasteiger partial charge in [-0.05, 0) is 150 Å². The van der Waals surface area contributed by atoms with Crippen molar-refractivity contribution in [3.05, 3.63) is 59.3 Å². The molecule has 9 N–H and O–H groups in total. The number of carbonyl (C=O) groups is 8. The molecule has 30 nitrogen and oxygen atoms in total. The third kappa shape index (κ3) is 24.9. The zero-order valence-corrected chi connectivity index (χ0v) is 59.9. The van der Waals surface area contributed by atoms with Crippen molar-refractivity contribution in [1.82, 2.24) is 60.4 Å². The number of carbonyl (C=O) groups excluding carboxylic acids is 4. The fraction of sp³-hybridized carbons (Fsp3) is 0.676. The van der Waals surface area contributed by atoms with Crippen molar-refractivity contribution >= 4 is 47.5 Å². The van der Waals surface area contributed by atoms with E-state index in [9.17, 15) is 63.9 Å². The first-order valence-corrected chi connectivity index (χ1v) is 35.6. The predicted octanol–water partition coefficient (Wildman–Crippen LogP) is 2.76. The third-order valence-electron chi connectivity index (χ3n) is 19.5. The second kappa shape index (κ2) is 41.0. The molecule has 3 aromatic rings. The topological polar surface area (TPSA) is 369 Å². The largest absolute Gasteiger partial charge is 0.496 e. The van der Waals surface area contributed by atoms with Crippen molar-refractivity contribution in [2.24, 2.45) is 23.7 Å². The Morgan fingerprint density at radius 1 is 0.574 bits per heavy atom. The Labute approximate surface area is 592 Å². The minimum Gasteiger partial charge on any atom is -0.496 e. The zero-order chi connectivity index (χ0) is 73.0. The number of amides is 4. The first kappa shape index (κ1) is 80.9. The van der Waals surface area contributed by atoms with Crippen LogP contribution >= 0.6 is 0 Å². The number of carboxylic acid groups (broad SMARTS) is 4. The van der Waals surface area contributed by atoms with E-state index in [0.717, 1.165) is 44.2 Å². The quantitative estimate of drug-likeness (QED) is 0.0290. The maximum atomic E-state index is 14.6. The molecule has 2 heterocycles. The molecule has 4 bridgehead atoms. The average molecular weight is 1420 g/mol. The lowest BCUT2D eigenvalue weighted by Crippen LogP contribution is -2.69. The van der Waals surface area contributed by atoms with E-state index in [1.165, 1.54) is 0 Å². The molecule has 1 atom stereocenters. The normalized spacial score (nSPS) is 20.2. The van der Waals surface area contributed by atoms with Crippen LogP contribution in [0, 0.1) is 23.7 Å². The van der Waals surface area contributed by atoms with Gasteiger partial charge >= 0.3 is 23.9 Å². The van der Waals surface area contributed by atoms with E-state index in [-0.39, 0.29) is 112 Å². The van der Waals surface area contributed by atoms with Crippen molar-refractivity contribution in [1.29, 1.82) is 0 Å². The van der Waals surface area contributed by atoms with Crippen LogP contribution < -0.4 is 30.7 Å². The smallest absolute Gasteiger partial charge is 0.324 e. The molecular formula is C71H110N12O18. The Morgan fingerprint density at radius 2 is 1.03 bits per heavy atom. The highest BCUT2D eigenvalue weighted by Crippen LogP contribution is 2.59. The van der Waals surface area contributed by atoms with Crippen LogP contribution in [-0.4, -0.2) is 304 Å². The minimum atomic E-state index is -1.43. The molecule has 2 aromatic carbocycles. The summed E-state index contributed by atoms with van der Waals surface area (Å²) in [5.41, 5.74) is 1.93. The van der Waals surface area contributed by atoms with Crippen molar-refractivity contribution in [2.45, 2.75) is 102 Å². The van der Waals surface area contributed by atoms with E-state index in [2.05, 4.69) is 26.2 Å². The van der Waals surface area contributed by atoms with E-state index in [1.54, 1.807) is 50.6 Å². The van der Waals surface area contributed by atoms with E-state index in [4.69, 9.17) is 28.8 Å². The van der Waals surface area contributed by atoms with Crippen molar-refractivity contribution in [2.75, 3.05) is 186 Å². The number of ether oxygens (including phenoxy) is 5. The molecule has 1 saturated heterocycles. The van der Waals surface area contributed by atoms with Gasteiger partial charge in [-0.15, -0.1) is 0 Å². The summed E-state index contributed by atoms with van der Waals surface area (Å²) in [4.78, 5) is 112. The zero-order valence-electron chi connectivity index (χ0n) is 59.9. The Balaban J connectivity index is 0.789. The molecule has 4 aliphatic carbocycles. The molecule has 1 unspecified atom stereocenters. The van der Waals surface area contributed by atoms with Crippen LogP contribution in [0.1, 0.15) is 118 Å². The Hall–Kier alpha value is -7.39. The first-order chi connectivity index (χ1) is 48.5. The number of hydrogen-bond acceptors (Lipinski definition) is 21. The van der Waals surface area contributed by atoms with Crippen molar-refractivity contribution < 1.29 is 87.6 Å². The van der Waals surface area contributed by atoms with Gasteiger partial charge in [-0.1, -0.05) is 19.9 Å².